The second-order valence-corrected chi connectivity index (χ2v) is 3.14. The van der Waals surface area contributed by atoms with Gasteiger partial charge >= 0.3 is 6.03 Å². The Morgan fingerprint density at radius 1 is 1.45 bits per heavy atom. The number of hydrogen-bond donors (Lipinski definition) is 2. The minimum atomic E-state index is 0.0425. The van der Waals surface area contributed by atoms with Crippen molar-refractivity contribution < 1.29 is 4.79 Å². The minimum absolute atomic E-state index is 0.0425. The van der Waals surface area contributed by atoms with Crippen molar-refractivity contribution in [2.45, 2.75) is 25.3 Å². The Morgan fingerprint density at radius 3 is 2.82 bits per heavy atom. The summed E-state index contributed by atoms with van der Waals surface area (Å²) in [6.45, 7) is 1.72. The highest BCUT2D eigenvalue weighted by atomic mass is 16.2. The van der Waals surface area contributed by atoms with E-state index in [2.05, 4.69) is 10.9 Å². The Hall–Kier alpha value is -0.770. The molecule has 0 bridgehead atoms. The van der Waals surface area contributed by atoms with Gasteiger partial charge in [-0.3, -0.25) is 5.43 Å². The predicted octanol–water partition coefficient (Wildman–Crippen LogP) is 0.0687. The molecule has 1 heterocycles. The molecule has 2 aliphatic rings. The molecule has 11 heavy (non-hydrogen) atoms. The van der Waals surface area contributed by atoms with Gasteiger partial charge in [-0.2, -0.15) is 0 Å². The van der Waals surface area contributed by atoms with E-state index in [1.807, 2.05) is 4.90 Å². The second kappa shape index (κ2) is 2.70. The summed E-state index contributed by atoms with van der Waals surface area (Å²) in [7, 11) is 0. The maximum absolute atomic E-state index is 11.2. The first-order chi connectivity index (χ1) is 5.38. The molecule has 2 fully saturated rings. The summed E-state index contributed by atoms with van der Waals surface area (Å²) in [6, 6.07) is 0.568. The largest absolute Gasteiger partial charge is 0.332 e. The molecule has 2 N–H and O–H groups in total. The van der Waals surface area contributed by atoms with Gasteiger partial charge in [0.15, 0.2) is 0 Å². The Morgan fingerprint density at radius 2 is 2.27 bits per heavy atom. The van der Waals surface area contributed by atoms with Gasteiger partial charge < -0.3 is 4.90 Å². The second-order valence-electron chi connectivity index (χ2n) is 3.14. The van der Waals surface area contributed by atoms with Crippen LogP contribution >= 0.6 is 0 Å². The molecular formula is C7H13N3O. The lowest BCUT2D eigenvalue weighted by molar-refractivity contribution is 0.120. The van der Waals surface area contributed by atoms with Crippen LogP contribution in [0.3, 0.4) is 0 Å². The highest BCUT2D eigenvalue weighted by Gasteiger charge is 2.29. The summed E-state index contributed by atoms with van der Waals surface area (Å²) in [5.74, 6) is 0. The van der Waals surface area contributed by atoms with Gasteiger partial charge in [-0.15, -0.1) is 0 Å². The molecule has 2 rings (SSSR count). The van der Waals surface area contributed by atoms with E-state index in [4.69, 9.17) is 0 Å². The van der Waals surface area contributed by atoms with E-state index in [1.165, 1.54) is 19.3 Å². The molecule has 1 saturated carbocycles. The molecule has 0 spiro atoms. The molecule has 4 heteroatoms. The van der Waals surface area contributed by atoms with Crippen molar-refractivity contribution in [1.82, 2.24) is 15.8 Å². The number of urea groups is 1. The number of nitrogens with one attached hydrogen (secondary N) is 2. The van der Waals surface area contributed by atoms with E-state index in [9.17, 15) is 4.79 Å². The summed E-state index contributed by atoms with van der Waals surface area (Å²) in [4.78, 5) is 13.1. The molecule has 1 aliphatic heterocycles. The third kappa shape index (κ3) is 1.18. The number of nitrogens with zero attached hydrogens (tertiary/aromatic N) is 1. The van der Waals surface area contributed by atoms with E-state index >= 15 is 0 Å². The zero-order chi connectivity index (χ0) is 7.68. The predicted molar refractivity (Wildman–Crippen MR) is 40.9 cm³/mol. The molecule has 0 atom stereocenters. The monoisotopic (exact) mass is 155 g/mol. The van der Waals surface area contributed by atoms with Crippen LogP contribution in [0.15, 0.2) is 0 Å². The van der Waals surface area contributed by atoms with Crippen LogP contribution in [0.5, 0.6) is 0 Å². The first kappa shape index (κ1) is 6.91. The summed E-state index contributed by atoms with van der Waals surface area (Å²) in [5, 5.41) is 0. The van der Waals surface area contributed by atoms with Crippen LogP contribution in [-0.4, -0.2) is 30.1 Å². The fourth-order valence-electron chi connectivity index (χ4n) is 1.53. The van der Waals surface area contributed by atoms with E-state index in [1.54, 1.807) is 0 Å². The van der Waals surface area contributed by atoms with E-state index < -0.39 is 0 Å². The lowest BCUT2D eigenvalue weighted by Gasteiger charge is -2.39. The van der Waals surface area contributed by atoms with Crippen molar-refractivity contribution in [2.24, 2.45) is 0 Å². The van der Waals surface area contributed by atoms with Crippen molar-refractivity contribution in [3.05, 3.63) is 0 Å². The van der Waals surface area contributed by atoms with Gasteiger partial charge in [-0.1, -0.05) is 0 Å². The van der Waals surface area contributed by atoms with Crippen molar-refractivity contribution in [3.8, 4) is 0 Å². The molecule has 0 unspecified atom stereocenters. The van der Waals surface area contributed by atoms with E-state index in [0.29, 0.717) is 6.04 Å². The van der Waals surface area contributed by atoms with Gasteiger partial charge in [0.25, 0.3) is 0 Å². The number of amides is 2. The van der Waals surface area contributed by atoms with Crippen LogP contribution in [0.4, 0.5) is 4.79 Å². The van der Waals surface area contributed by atoms with E-state index in [0.717, 1.165) is 13.1 Å². The number of rotatable bonds is 1. The van der Waals surface area contributed by atoms with Gasteiger partial charge in [0.2, 0.25) is 0 Å². The SMILES string of the molecule is O=C1NNCCN1C1CCC1. The Bertz CT molecular complexity index is 167. The molecular weight excluding hydrogens is 142 g/mol. The molecule has 4 nitrogen and oxygen atoms in total. The number of carbonyl (C=O) groups is 1. The smallest absolute Gasteiger partial charge is 0.319 e. The van der Waals surface area contributed by atoms with Crippen molar-refractivity contribution in [3.63, 3.8) is 0 Å². The maximum atomic E-state index is 11.2. The summed E-state index contributed by atoms with van der Waals surface area (Å²) in [5.41, 5.74) is 5.44. The van der Waals surface area contributed by atoms with Crippen LogP contribution in [-0.2, 0) is 0 Å². The van der Waals surface area contributed by atoms with Crippen molar-refractivity contribution in [2.75, 3.05) is 13.1 Å². The molecule has 0 radical (unpaired) electrons. The van der Waals surface area contributed by atoms with Crippen molar-refractivity contribution >= 4 is 6.03 Å². The molecule has 2 amide bonds. The Balaban J connectivity index is 1.93. The summed E-state index contributed by atoms with van der Waals surface area (Å²) in [6.07, 6.45) is 3.66. The maximum Gasteiger partial charge on any atom is 0.332 e. The average molecular weight is 155 g/mol. The number of hydrogen-bond acceptors (Lipinski definition) is 2. The van der Waals surface area contributed by atoms with E-state index in [-0.39, 0.29) is 6.03 Å². The normalized spacial score (nSPS) is 26.2. The van der Waals surface area contributed by atoms with Gasteiger partial charge in [0.1, 0.15) is 0 Å². The molecule has 62 valence electrons. The third-order valence-electron chi connectivity index (χ3n) is 2.45. The van der Waals surface area contributed by atoms with Crippen molar-refractivity contribution in [1.29, 1.82) is 0 Å². The standard InChI is InChI=1S/C7H13N3O/c11-7-9-8-4-5-10(7)6-2-1-3-6/h6,8H,1-5H2,(H,9,11). The minimum Gasteiger partial charge on any atom is -0.319 e. The zero-order valence-electron chi connectivity index (χ0n) is 6.47. The highest BCUT2D eigenvalue weighted by molar-refractivity contribution is 5.74. The molecule has 1 aliphatic carbocycles. The van der Waals surface area contributed by atoms with Gasteiger partial charge in [0, 0.05) is 19.1 Å². The molecule has 0 aromatic rings. The van der Waals surface area contributed by atoms with Gasteiger partial charge in [-0.05, 0) is 19.3 Å². The van der Waals surface area contributed by atoms with Gasteiger partial charge in [-0.25, -0.2) is 10.2 Å². The Labute approximate surface area is 65.9 Å². The fourth-order valence-corrected chi connectivity index (χ4v) is 1.53. The molecule has 0 aromatic carbocycles. The van der Waals surface area contributed by atoms with Crippen LogP contribution < -0.4 is 10.9 Å². The average Bonchev–Trinajstić information content (AvgIpc) is 1.90. The van der Waals surface area contributed by atoms with Crippen LogP contribution in [0.2, 0.25) is 0 Å². The third-order valence-corrected chi connectivity index (χ3v) is 2.45. The highest BCUT2D eigenvalue weighted by Crippen LogP contribution is 2.24. The van der Waals surface area contributed by atoms with Crippen LogP contribution in [0, 0.1) is 0 Å². The molecule has 1 saturated heterocycles. The van der Waals surface area contributed by atoms with Crippen LogP contribution in [0.25, 0.3) is 0 Å². The zero-order valence-corrected chi connectivity index (χ0v) is 6.47. The summed E-state index contributed by atoms with van der Waals surface area (Å²) >= 11 is 0. The molecule has 0 aromatic heterocycles. The Kier molecular flexibility index (Phi) is 1.69. The topological polar surface area (TPSA) is 44.4 Å². The van der Waals surface area contributed by atoms with Gasteiger partial charge in [0.05, 0.1) is 0 Å². The fraction of sp³-hybridized carbons (Fsp3) is 0.857. The quantitative estimate of drug-likeness (QED) is 0.562. The van der Waals surface area contributed by atoms with Crippen LogP contribution in [0.1, 0.15) is 19.3 Å². The lowest BCUT2D eigenvalue weighted by Crippen LogP contribution is -2.59. The number of carbonyl (C=O) groups excluding carboxylic acids is 1. The summed E-state index contributed by atoms with van der Waals surface area (Å²) < 4.78 is 0. The number of hydrazine groups is 1. The first-order valence-corrected chi connectivity index (χ1v) is 4.17. The first-order valence-electron chi connectivity index (χ1n) is 4.17. The lowest BCUT2D eigenvalue weighted by atomic mass is 9.91.